The Bertz CT molecular complexity index is 1730. The van der Waals surface area contributed by atoms with Crippen LogP contribution in [0.5, 0.6) is 0 Å². The quantitative estimate of drug-likeness (QED) is 0.0957. The first-order chi connectivity index (χ1) is 21.5. The van der Waals surface area contributed by atoms with E-state index in [1.165, 1.54) is 59.1 Å². The number of halogens is 5. The molecule has 0 aliphatic rings. The summed E-state index contributed by atoms with van der Waals surface area (Å²) in [4.78, 5) is 51.5. The van der Waals surface area contributed by atoms with Crippen molar-refractivity contribution in [1.82, 2.24) is 0 Å². The lowest BCUT2D eigenvalue weighted by Crippen LogP contribution is -2.36. The Morgan fingerprint density at radius 3 is 2.21 bits per heavy atom. The highest BCUT2D eigenvalue weighted by Crippen LogP contribution is 2.60. The summed E-state index contributed by atoms with van der Waals surface area (Å²) in [5, 5.41) is 1.75. The number of nitrogens with zero attached hydrogens (tertiary/aromatic N) is 1. The van der Waals surface area contributed by atoms with E-state index < -0.39 is 78.1 Å². The number of amides is 1. The molecule has 0 fully saturated rings. The van der Waals surface area contributed by atoms with Gasteiger partial charge in [0.05, 0.1) is 22.1 Å². The van der Waals surface area contributed by atoms with E-state index in [1.54, 1.807) is 6.07 Å². The molecule has 1 N–H and O–H groups in total. The second-order valence-corrected chi connectivity index (χ2v) is 15.6. The molecule has 3 aromatic rings. The van der Waals surface area contributed by atoms with Crippen LogP contribution in [-0.2, 0) is 39.1 Å². The number of benzene rings is 2. The number of esters is 2. The molecule has 1 heterocycles. The number of carbonyl (C=O) groups excluding carboxylic acids is 3. The maximum absolute atomic E-state index is 14.4. The highest BCUT2D eigenvalue weighted by atomic mass is 35.5. The summed E-state index contributed by atoms with van der Waals surface area (Å²) in [6.07, 6.45) is -6.28. The van der Waals surface area contributed by atoms with Crippen LogP contribution < -0.4 is 4.90 Å². The van der Waals surface area contributed by atoms with Gasteiger partial charge in [-0.05, 0) is 94.3 Å². The number of alkyl halides is 3. The molecule has 9 nitrogen and oxygen atoms in total. The van der Waals surface area contributed by atoms with Gasteiger partial charge in [0.25, 0.3) is 5.91 Å². The minimum absolute atomic E-state index is 0.129. The summed E-state index contributed by atoms with van der Waals surface area (Å²) in [6.45, 7) is 11.6. The van der Waals surface area contributed by atoms with Crippen LogP contribution in [0.25, 0.3) is 10.1 Å². The van der Waals surface area contributed by atoms with Gasteiger partial charge in [0.15, 0.2) is 12.3 Å². The van der Waals surface area contributed by atoms with Gasteiger partial charge in [0.2, 0.25) is 6.29 Å². The van der Waals surface area contributed by atoms with E-state index in [9.17, 15) is 41.4 Å². The van der Waals surface area contributed by atoms with E-state index >= 15 is 0 Å². The third-order valence-electron chi connectivity index (χ3n) is 6.41. The van der Waals surface area contributed by atoms with Crippen LogP contribution in [0.4, 0.5) is 23.2 Å². The van der Waals surface area contributed by atoms with Crippen LogP contribution in [0.2, 0.25) is 5.02 Å². The fourth-order valence-corrected chi connectivity index (χ4v) is 6.76. The average molecular weight is 722 g/mol. The van der Waals surface area contributed by atoms with Gasteiger partial charge in [-0.25, -0.2) is 4.39 Å². The molecule has 0 aliphatic carbocycles. The first-order valence-electron chi connectivity index (χ1n) is 13.8. The third-order valence-corrected chi connectivity index (χ3v) is 9.32. The fraction of sp³-hybridized carbons (Fsp3) is 0.387. The van der Waals surface area contributed by atoms with Gasteiger partial charge in [-0.15, -0.1) is 11.3 Å². The molecule has 0 spiro atoms. The lowest BCUT2D eigenvalue weighted by atomic mass is 9.97. The molecule has 0 saturated heterocycles. The average Bonchev–Trinajstić information content (AvgIpc) is 3.32. The predicted octanol–water partition coefficient (Wildman–Crippen LogP) is 8.64. The summed E-state index contributed by atoms with van der Waals surface area (Å²) < 4.78 is 85.7. The normalized spacial score (nSPS) is 15.0. The first kappa shape index (κ1) is 38.2. The molecular weight excluding hydrogens is 689 g/mol. The number of hydrogen-bond acceptors (Lipinski definition) is 8. The van der Waals surface area contributed by atoms with E-state index in [1.807, 2.05) is 0 Å². The smallest absolute Gasteiger partial charge is 0.416 e. The molecule has 16 heteroatoms. The van der Waals surface area contributed by atoms with Crippen LogP contribution in [0.3, 0.4) is 0 Å². The number of fused-ring (bicyclic) bond motifs is 1. The molecule has 1 amide bonds. The fourth-order valence-electron chi connectivity index (χ4n) is 3.98. The van der Waals surface area contributed by atoms with Crippen molar-refractivity contribution in [2.24, 2.45) is 10.8 Å². The van der Waals surface area contributed by atoms with E-state index in [-0.39, 0.29) is 22.0 Å². The molecule has 47 heavy (non-hydrogen) atoms. The Morgan fingerprint density at radius 1 is 1.04 bits per heavy atom. The van der Waals surface area contributed by atoms with E-state index in [4.69, 9.17) is 25.6 Å². The van der Waals surface area contributed by atoms with Crippen LogP contribution in [0.15, 0.2) is 54.6 Å². The second-order valence-electron chi connectivity index (χ2n) is 12.4. The van der Waals surface area contributed by atoms with E-state index in [2.05, 4.69) is 6.58 Å². The Morgan fingerprint density at radius 2 is 1.66 bits per heavy atom. The highest BCUT2D eigenvalue weighted by molar-refractivity contribution is 7.54. The van der Waals surface area contributed by atoms with Crippen molar-refractivity contribution in [2.45, 2.75) is 59.7 Å². The number of thiophene rings is 1. The van der Waals surface area contributed by atoms with Crippen LogP contribution >= 0.6 is 30.5 Å². The SMILES string of the molecule is C=CN(C(=O)C(c1csc2ccc(Cl)cc12)P(=O)(O)OC(COC(=O)C(C)(C)C)OC(=O)C(C)(C)C)c1cc(F)cc(C(F)(F)F)c1. The molecule has 0 bridgehead atoms. The minimum atomic E-state index is -5.44. The summed E-state index contributed by atoms with van der Waals surface area (Å²) in [6, 6.07) is 5.79. The summed E-state index contributed by atoms with van der Waals surface area (Å²) in [5.74, 6) is -4.40. The largest absolute Gasteiger partial charge is 0.459 e. The maximum atomic E-state index is 14.4. The molecular formula is C31H33ClF4NO8PS. The van der Waals surface area contributed by atoms with Gasteiger partial charge >= 0.3 is 25.7 Å². The van der Waals surface area contributed by atoms with Crippen molar-refractivity contribution in [3.8, 4) is 0 Å². The monoisotopic (exact) mass is 721 g/mol. The van der Waals surface area contributed by atoms with Crippen LogP contribution in [0.1, 0.15) is 58.3 Å². The molecule has 0 aliphatic heterocycles. The van der Waals surface area contributed by atoms with Gasteiger partial charge in [0, 0.05) is 15.9 Å². The van der Waals surface area contributed by atoms with E-state index in [0.717, 1.165) is 17.5 Å². The van der Waals surface area contributed by atoms with Crippen molar-refractivity contribution in [3.05, 3.63) is 76.5 Å². The van der Waals surface area contributed by atoms with Crippen LogP contribution in [0, 0.1) is 16.6 Å². The number of ether oxygens (including phenoxy) is 2. The van der Waals surface area contributed by atoms with Crippen molar-refractivity contribution < 1.29 is 55.4 Å². The lowest BCUT2D eigenvalue weighted by Gasteiger charge is -2.30. The zero-order valence-electron chi connectivity index (χ0n) is 26.2. The molecule has 3 atom stereocenters. The summed E-state index contributed by atoms with van der Waals surface area (Å²) in [7, 11) is -5.44. The van der Waals surface area contributed by atoms with Crippen molar-refractivity contribution >= 4 is 64.2 Å². The van der Waals surface area contributed by atoms with Gasteiger partial charge in [0.1, 0.15) is 5.82 Å². The topological polar surface area (TPSA) is 119 Å². The Labute approximate surface area is 277 Å². The Kier molecular flexibility index (Phi) is 11.4. The number of carbonyl (C=O) groups is 3. The van der Waals surface area contributed by atoms with Gasteiger partial charge in [-0.1, -0.05) is 18.2 Å². The lowest BCUT2D eigenvalue weighted by molar-refractivity contribution is -0.187. The minimum Gasteiger partial charge on any atom is -0.459 e. The number of hydrogen-bond donors (Lipinski definition) is 1. The molecule has 0 radical (unpaired) electrons. The Hall–Kier alpha value is -3.29. The summed E-state index contributed by atoms with van der Waals surface area (Å²) >= 11 is 7.23. The first-order valence-corrected chi connectivity index (χ1v) is 16.8. The van der Waals surface area contributed by atoms with Crippen molar-refractivity contribution in [1.29, 1.82) is 0 Å². The predicted molar refractivity (Wildman–Crippen MR) is 169 cm³/mol. The molecule has 256 valence electrons. The highest BCUT2D eigenvalue weighted by Gasteiger charge is 2.47. The van der Waals surface area contributed by atoms with Crippen LogP contribution in [-0.4, -0.2) is 35.6 Å². The molecule has 0 saturated carbocycles. The number of rotatable bonds is 10. The Balaban J connectivity index is 2.18. The zero-order valence-corrected chi connectivity index (χ0v) is 28.7. The second kappa shape index (κ2) is 14.1. The van der Waals surface area contributed by atoms with Crippen molar-refractivity contribution in [2.75, 3.05) is 11.5 Å². The molecule has 3 rings (SSSR count). The van der Waals surface area contributed by atoms with Gasteiger partial charge in [-0.3, -0.25) is 28.4 Å². The maximum Gasteiger partial charge on any atom is 0.416 e. The zero-order chi connectivity index (χ0) is 35.7. The standard InChI is InChI=1S/C31H33ClF4NO8PS/c1-8-37(20-12-17(31(34,35)36)11-19(33)14-20)26(38)25(22-16-47-23-10-9-18(32)13-21(22)23)46(41,42)45-24(44-28(40)30(5,6)7)15-43-27(39)29(2,3)4/h8-14,16,24-25H,1,15H2,2-7H3,(H,41,42). The van der Waals surface area contributed by atoms with Gasteiger partial charge in [-0.2, -0.15) is 13.2 Å². The van der Waals surface area contributed by atoms with Gasteiger partial charge < -0.3 is 14.4 Å². The molecule has 1 aromatic heterocycles. The molecule has 2 aromatic carbocycles. The summed E-state index contributed by atoms with van der Waals surface area (Å²) in [5.41, 5.74) is -6.63. The van der Waals surface area contributed by atoms with Crippen molar-refractivity contribution in [3.63, 3.8) is 0 Å². The third kappa shape index (κ3) is 9.41. The number of anilines is 1. The van der Waals surface area contributed by atoms with E-state index in [0.29, 0.717) is 21.7 Å². The molecule has 3 unspecified atom stereocenters.